The van der Waals surface area contributed by atoms with Crippen LogP contribution in [0.1, 0.15) is 86.5 Å². The fraction of sp³-hybridized carbons (Fsp3) is 1.00. The first kappa shape index (κ1) is 15.0. The first-order valence-corrected chi connectivity index (χ1v) is 6.83. The van der Waals surface area contributed by atoms with Crippen LogP contribution in [0.5, 0.6) is 0 Å². The summed E-state index contributed by atoms with van der Waals surface area (Å²) in [7, 11) is 0. The zero-order valence-corrected chi connectivity index (χ0v) is 11.9. The number of hydrogen-bond donors (Lipinski definition) is 0. The van der Waals surface area contributed by atoms with E-state index in [1.807, 2.05) is 0 Å². The lowest BCUT2D eigenvalue weighted by molar-refractivity contribution is 0.242. The Balaban J connectivity index is 3.77. The molecular formula is C15H32. The van der Waals surface area contributed by atoms with Crippen molar-refractivity contribution in [2.24, 2.45) is 10.8 Å². The summed E-state index contributed by atoms with van der Waals surface area (Å²) in [6.07, 6.45) is 9.60. The van der Waals surface area contributed by atoms with Gasteiger partial charge in [0.15, 0.2) is 0 Å². The molecule has 0 aromatic heterocycles. The van der Waals surface area contributed by atoms with Gasteiger partial charge in [0, 0.05) is 0 Å². The van der Waals surface area contributed by atoms with Crippen LogP contribution >= 0.6 is 0 Å². The average molecular weight is 212 g/mol. The standard InChI is InChI=1S/C15H32/c1-7-10-14(3,4)12-9-13-15(5,6)11-8-2/h7-13H2,1-6H3. The molecule has 0 saturated heterocycles. The van der Waals surface area contributed by atoms with Gasteiger partial charge in [-0.05, 0) is 36.5 Å². The molecule has 0 fully saturated rings. The van der Waals surface area contributed by atoms with E-state index in [4.69, 9.17) is 0 Å². The van der Waals surface area contributed by atoms with Crippen LogP contribution in [-0.2, 0) is 0 Å². The van der Waals surface area contributed by atoms with Gasteiger partial charge < -0.3 is 0 Å². The minimum absolute atomic E-state index is 0.567. The van der Waals surface area contributed by atoms with Gasteiger partial charge in [0.2, 0.25) is 0 Å². The van der Waals surface area contributed by atoms with E-state index >= 15 is 0 Å². The molecular weight excluding hydrogens is 180 g/mol. The minimum atomic E-state index is 0.567. The summed E-state index contributed by atoms with van der Waals surface area (Å²) in [6.45, 7) is 14.3. The van der Waals surface area contributed by atoms with Gasteiger partial charge in [-0.3, -0.25) is 0 Å². The summed E-state index contributed by atoms with van der Waals surface area (Å²) < 4.78 is 0. The van der Waals surface area contributed by atoms with Crippen molar-refractivity contribution in [2.75, 3.05) is 0 Å². The third-order valence-electron chi connectivity index (χ3n) is 3.56. The topological polar surface area (TPSA) is 0 Å². The summed E-state index contributed by atoms with van der Waals surface area (Å²) in [5.74, 6) is 0. The summed E-state index contributed by atoms with van der Waals surface area (Å²) in [6, 6.07) is 0. The van der Waals surface area contributed by atoms with Crippen LogP contribution in [0.3, 0.4) is 0 Å². The van der Waals surface area contributed by atoms with Crippen molar-refractivity contribution in [2.45, 2.75) is 86.5 Å². The van der Waals surface area contributed by atoms with Gasteiger partial charge >= 0.3 is 0 Å². The van der Waals surface area contributed by atoms with Crippen molar-refractivity contribution >= 4 is 0 Å². The summed E-state index contributed by atoms with van der Waals surface area (Å²) >= 11 is 0. The van der Waals surface area contributed by atoms with E-state index in [0.29, 0.717) is 10.8 Å². The predicted molar refractivity (Wildman–Crippen MR) is 71.2 cm³/mol. The Morgan fingerprint density at radius 3 is 1.20 bits per heavy atom. The van der Waals surface area contributed by atoms with Crippen LogP contribution in [0.2, 0.25) is 0 Å². The van der Waals surface area contributed by atoms with Crippen molar-refractivity contribution in [3.63, 3.8) is 0 Å². The molecule has 0 N–H and O–H groups in total. The van der Waals surface area contributed by atoms with Crippen LogP contribution in [0.15, 0.2) is 0 Å². The molecule has 0 aliphatic rings. The van der Waals surface area contributed by atoms with E-state index in [0.717, 1.165) is 0 Å². The maximum atomic E-state index is 2.42. The quantitative estimate of drug-likeness (QED) is 0.476. The van der Waals surface area contributed by atoms with Gasteiger partial charge in [0.1, 0.15) is 0 Å². The lowest BCUT2D eigenvalue weighted by Gasteiger charge is -2.28. The fourth-order valence-corrected chi connectivity index (χ4v) is 2.65. The Morgan fingerprint density at radius 2 is 0.933 bits per heavy atom. The third-order valence-corrected chi connectivity index (χ3v) is 3.56. The van der Waals surface area contributed by atoms with E-state index in [2.05, 4.69) is 41.5 Å². The molecule has 0 saturated carbocycles. The van der Waals surface area contributed by atoms with Gasteiger partial charge in [-0.15, -0.1) is 0 Å². The average Bonchev–Trinajstić information content (AvgIpc) is 2.02. The lowest BCUT2D eigenvalue weighted by Crippen LogP contribution is -2.15. The fourth-order valence-electron chi connectivity index (χ4n) is 2.65. The molecule has 0 atom stereocenters. The molecule has 0 unspecified atom stereocenters. The van der Waals surface area contributed by atoms with Crippen LogP contribution in [0.25, 0.3) is 0 Å². The van der Waals surface area contributed by atoms with Gasteiger partial charge in [-0.25, -0.2) is 0 Å². The molecule has 0 aromatic carbocycles. The molecule has 0 heterocycles. The summed E-state index contributed by atoms with van der Waals surface area (Å²) in [5, 5.41) is 0. The number of rotatable bonds is 8. The SMILES string of the molecule is CCCC(C)(C)CCCC(C)(C)CCC. The van der Waals surface area contributed by atoms with Crippen LogP contribution in [0, 0.1) is 10.8 Å². The van der Waals surface area contributed by atoms with Crippen LogP contribution in [-0.4, -0.2) is 0 Å². The van der Waals surface area contributed by atoms with Crippen molar-refractivity contribution < 1.29 is 0 Å². The molecule has 0 bridgehead atoms. The van der Waals surface area contributed by atoms with Crippen LogP contribution in [0.4, 0.5) is 0 Å². The summed E-state index contributed by atoms with van der Waals surface area (Å²) in [5.41, 5.74) is 1.13. The molecule has 15 heavy (non-hydrogen) atoms. The summed E-state index contributed by atoms with van der Waals surface area (Å²) in [4.78, 5) is 0. The lowest BCUT2D eigenvalue weighted by atomic mass is 9.78. The van der Waals surface area contributed by atoms with Gasteiger partial charge in [-0.2, -0.15) is 0 Å². The molecule has 0 spiro atoms. The Labute approximate surface area is 97.8 Å². The molecule has 0 heteroatoms. The monoisotopic (exact) mass is 212 g/mol. The Kier molecular flexibility index (Phi) is 6.55. The third kappa shape index (κ3) is 7.88. The van der Waals surface area contributed by atoms with Crippen molar-refractivity contribution in [1.82, 2.24) is 0 Å². The van der Waals surface area contributed by atoms with Gasteiger partial charge in [0.25, 0.3) is 0 Å². The van der Waals surface area contributed by atoms with Gasteiger partial charge in [-0.1, -0.05) is 60.8 Å². The predicted octanol–water partition coefficient (Wildman–Crippen LogP) is 5.81. The molecule has 0 nitrogen and oxygen atoms in total. The maximum Gasteiger partial charge on any atom is -0.0354 e. The molecule has 0 radical (unpaired) electrons. The van der Waals surface area contributed by atoms with E-state index in [1.165, 1.54) is 44.9 Å². The van der Waals surface area contributed by atoms with Crippen molar-refractivity contribution in [3.8, 4) is 0 Å². The molecule has 0 rings (SSSR count). The Bertz CT molecular complexity index is 135. The highest BCUT2D eigenvalue weighted by molar-refractivity contribution is 4.72. The van der Waals surface area contributed by atoms with Gasteiger partial charge in [0.05, 0.1) is 0 Å². The highest BCUT2D eigenvalue weighted by Crippen LogP contribution is 2.34. The smallest absolute Gasteiger partial charge is 0.0354 e. The molecule has 92 valence electrons. The highest BCUT2D eigenvalue weighted by Gasteiger charge is 2.20. The van der Waals surface area contributed by atoms with E-state index in [1.54, 1.807) is 0 Å². The second kappa shape index (κ2) is 6.55. The number of hydrogen-bond acceptors (Lipinski definition) is 0. The maximum absolute atomic E-state index is 2.42. The highest BCUT2D eigenvalue weighted by atomic mass is 14.3. The Hall–Kier alpha value is 0. The normalized spacial score (nSPS) is 13.2. The first-order chi connectivity index (χ1) is 6.83. The second-order valence-corrected chi connectivity index (χ2v) is 6.68. The minimum Gasteiger partial charge on any atom is -0.0654 e. The molecule has 0 aliphatic carbocycles. The van der Waals surface area contributed by atoms with E-state index in [-0.39, 0.29) is 0 Å². The zero-order chi connectivity index (χ0) is 11.9. The second-order valence-electron chi connectivity index (χ2n) is 6.68. The molecule has 0 amide bonds. The van der Waals surface area contributed by atoms with Crippen LogP contribution < -0.4 is 0 Å². The zero-order valence-electron chi connectivity index (χ0n) is 11.9. The van der Waals surface area contributed by atoms with E-state index < -0.39 is 0 Å². The van der Waals surface area contributed by atoms with Crippen molar-refractivity contribution in [3.05, 3.63) is 0 Å². The largest absolute Gasteiger partial charge is 0.0654 e. The van der Waals surface area contributed by atoms with Crippen molar-refractivity contribution in [1.29, 1.82) is 0 Å². The first-order valence-electron chi connectivity index (χ1n) is 6.83. The Morgan fingerprint density at radius 1 is 0.600 bits per heavy atom. The van der Waals surface area contributed by atoms with E-state index in [9.17, 15) is 0 Å². The molecule has 0 aliphatic heterocycles. The molecule has 0 aromatic rings.